The van der Waals surface area contributed by atoms with Crippen LogP contribution >= 0.6 is 23.7 Å². The van der Waals surface area contributed by atoms with Gasteiger partial charge in [0.15, 0.2) is 5.65 Å². The minimum atomic E-state index is 0. The van der Waals surface area contributed by atoms with Crippen LogP contribution in [0.5, 0.6) is 0 Å². The van der Waals surface area contributed by atoms with Crippen molar-refractivity contribution in [1.29, 1.82) is 5.26 Å². The molecule has 0 aliphatic carbocycles. The maximum absolute atomic E-state index is 10.5. The highest BCUT2D eigenvalue weighted by molar-refractivity contribution is 7.07. The van der Waals surface area contributed by atoms with E-state index >= 15 is 0 Å². The molecule has 5 aromatic rings. The number of hydrogen-bond acceptors (Lipinski definition) is 8. The molecule has 2 fully saturated rings. The molecule has 3 aromatic heterocycles. The Kier molecular flexibility index (Phi) is 7.88. The van der Waals surface area contributed by atoms with Crippen LogP contribution in [0.1, 0.15) is 24.8 Å². The number of pyridine rings is 1. The van der Waals surface area contributed by atoms with E-state index in [9.17, 15) is 5.26 Å². The lowest BCUT2D eigenvalue weighted by Crippen LogP contribution is -2.36. The molecule has 0 bridgehead atoms. The third-order valence-corrected chi connectivity index (χ3v) is 8.48. The van der Waals surface area contributed by atoms with Gasteiger partial charge in [0.25, 0.3) is 0 Å². The molecule has 10 heteroatoms. The smallest absolute Gasteiger partial charge is 0.182 e. The largest absolute Gasteiger partial charge is 0.378 e. The van der Waals surface area contributed by atoms with Crippen LogP contribution < -0.4 is 9.80 Å². The number of H-pyrrole nitrogens is 1. The molecule has 0 spiro atoms. The number of aromatic nitrogens is 4. The number of piperidine rings is 1. The molecule has 208 valence electrons. The van der Waals surface area contributed by atoms with Crippen LogP contribution in [0, 0.1) is 11.3 Å². The molecule has 2 saturated heterocycles. The molecule has 2 aliphatic rings. The first-order valence-electron chi connectivity index (χ1n) is 13.8. The summed E-state index contributed by atoms with van der Waals surface area (Å²) < 4.78 is 5.51. The molecule has 2 aliphatic heterocycles. The van der Waals surface area contributed by atoms with Crippen LogP contribution in [-0.4, -0.2) is 59.6 Å². The summed E-state index contributed by atoms with van der Waals surface area (Å²) in [6.45, 7) is 5.44. The first-order valence-corrected chi connectivity index (χ1v) is 14.7. The Hall–Kier alpha value is -3.97. The van der Waals surface area contributed by atoms with Gasteiger partial charge in [-0.25, -0.2) is 9.97 Å². The monoisotopic (exact) mass is 583 g/mol. The summed E-state index contributed by atoms with van der Waals surface area (Å²) in [6, 6.07) is 19.6. The minimum Gasteiger partial charge on any atom is -0.378 e. The number of morpholine rings is 1. The van der Waals surface area contributed by atoms with Crippen molar-refractivity contribution >= 4 is 46.2 Å². The SMILES string of the molecule is Cl.N#Cc1c(-c2cscn2)nc2n[nH]c(-c3ccc(N4CCOCC4)cc3)c2c1-c1ccc(N2CCCCC2)cc1. The Balaban J connectivity index is 0.00000302. The van der Waals surface area contributed by atoms with E-state index in [0.29, 0.717) is 22.6 Å². The molecule has 5 heterocycles. The number of hydrogen-bond donors (Lipinski definition) is 1. The second-order valence-electron chi connectivity index (χ2n) is 10.2. The van der Waals surface area contributed by atoms with Crippen LogP contribution in [-0.2, 0) is 4.74 Å². The Labute approximate surface area is 249 Å². The van der Waals surface area contributed by atoms with Crippen molar-refractivity contribution in [2.75, 3.05) is 49.2 Å². The fourth-order valence-corrected chi connectivity index (χ4v) is 6.36. The van der Waals surface area contributed by atoms with Crippen molar-refractivity contribution in [3.63, 3.8) is 0 Å². The first kappa shape index (κ1) is 27.2. The summed E-state index contributed by atoms with van der Waals surface area (Å²) in [5.41, 5.74) is 10.1. The van der Waals surface area contributed by atoms with E-state index in [2.05, 4.69) is 79.6 Å². The third kappa shape index (κ3) is 5.15. The highest BCUT2D eigenvalue weighted by atomic mass is 35.5. The molecular formula is C31H30ClN7OS. The standard InChI is InChI=1S/C31H29N7OS.ClH/c32-18-25-27(21-4-8-23(9-5-21)37-12-2-1-3-13-37)28-29(35-36-31(28)34-30(25)26-19-40-20-33-26)22-6-10-24(11-7-22)38-14-16-39-17-15-38;/h4-11,19-20H,1-3,12-17H2,(H,34,35,36);1H. The molecule has 2 aromatic carbocycles. The zero-order valence-electron chi connectivity index (χ0n) is 22.5. The summed E-state index contributed by atoms with van der Waals surface area (Å²) in [7, 11) is 0. The molecule has 0 radical (unpaired) electrons. The number of benzene rings is 2. The number of anilines is 2. The van der Waals surface area contributed by atoms with Crippen LogP contribution in [0.2, 0.25) is 0 Å². The van der Waals surface area contributed by atoms with E-state index in [0.717, 1.165) is 67.2 Å². The van der Waals surface area contributed by atoms with E-state index in [1.54, 1.807) is 5.51 Å². The lowest BCUT2D eigenvalue weighted by atomic mass is 9.93. The topological polar surface area (TPSA) is 94.0 Å². The van der Waals surface area contributed by atoms with Crippen molar-refractivity contribution in [2.45, 2.75) is 19.3 Å². The van der Waals surface area contributed by atoms with Gasteiger partial charge in [-0.3, -0.25) is 5.10 Å². The highest BCUT2D eigenvalue weighted by Gasteiger charge is 2.24. The molecule has 1 N–H and O–H groups in total. The lowest BCUT2D eigenvalue weighted by molar-refractivity contribution is 0.122. The first-order chi connectivity index (χ1) is 19.8. The summed E-state index contributed by atoms with van der Waals surface area (Å²) in [5.74, 6) is 0. The number of halogens is 1. The fraction of sp³-hybridized carbons (Fsp3) is 0.290. The van der Waals surface area contributed by atoms with Gasteiger partial charge in [0.2, 0.25) is 0 Å². The van der Waals surface area contributed by atoms with Crippen LogP contribution in [0.25, 0.3) is 44.8 Å². The average Bonchev–Trinajstić information content (AvgIpc) is 3.72. The Morgan fingerprint density at radius 2 is 1.51 bits per heavy atom. The maximum Gasteiger partial charge on any atom is 0.182 e. The van der Waals surface area contributed by atoms with Crippen LogP contribution in [0.4, 0.5) is 11.4 Å². The third-order valence-electron chi connectivity index (χ3n) is 7.90. The van der Waals surface area contributed by atoms with Gasteiger partial charge in [-0.1, -0.05) is 24.3 Å². The summed E-state index contributed by atoms with van der Waals surface area (Å²) in [5, 5.41) is 21.1. The fourth-order valence-electron chi connectivity index (χ4n) is 5.83. The molecule has 8 nitrogen and oxygen atoms in total. The number of nitrogens with one attached hydrogen (secondary N) is 1. The number of ether oxygens (including phenoxy) is 1. The quantitative estimate of drug-likeness (QED) is 0.251. The van der Waals surface area contributed by atoms with Crippen molar-refractivity contribution in [3.8, 4) is 39.8 Å². The predicted octanol–water partition coefficient (Wildman–Crippen LogP) is 6.54. The molecule has 0 unspecified atom stereocenters. The Morgan fingerprint density at radius 1 is 0.854 bits per heavy atom. The van der Waals surface area contributed by atoms with Gasteiger partial charge in [-0.15, -0.1) is 23.7 Å². The lowest BCUT2D eigenvalue weighted by Gasteiger charge is -2.29. The zero-order chi connectivity index (χ0) is 26.9. The Morgan fingerprint density at radius 3 is 2.15 bits per heavy atom. The van der Waals surface area contributed by atoms with E-state index in [1.165, 1.54) is 42.0 Å². The summed E-state index contributed by atoms with van der Waals surface area (Å²) in [4.78, 5) is 14.1. The van der Waals surface area contributed by atoms with Crippen molar-refractivity contribution in [3.05, 3.63) is 65.0 Å². The van der Waals surface area contributed by atoms with Crippen molar-refractivity contribution in [2.24, 2.45) is 0 Å². The molecule has 0 amide bonds. The molecule has 0 atom stereocenters. The van der Waals surface area contributed by atoms with Crippen LogP contribution in [0.3, 0.4) is 0 Å². The number of thiazole rings is 1. The number of fused-ring (bicyclic) bond motifs is 1. The number of nitriles is 1. The molecule has 41 heavy (non-hydrogen) atoms. The van der Waals surface area contributed by atoms with Crippen molar-refractivity contribution in [1.82, 2.24) is 20.2 Å². The van der Waals surface area contributed by atoms with Gasteiger partial charge in [0.05, 0.1) is 35.4 Å². The van der Waals surface area contributed by atoms with Gasteiger partial charge in [-0.2, -0.15) is 10.4 Å². The summed E-state index contributed by atoms with van der Waals surface area (Å²) in [6.07, 6.45) is 3.75. The van der Waals surface area contributed by atoms with E-state index in [4.69, 9.17) is 9.72 Å². The van der Waals surface area contributed by atoms with Crippen molar-refractivity contribution < 1.29 is 4.74 Å². The van der Waals surface area contributed by atoms with E-state index in [-0.39, 0.29) is 12.4 Å². The van der Waals surface area contributed by atoms with Crippen LogP contribution in [0.15, 0.2) is 59.4 Å². The number of rotatable bonds is 5. The number of aromatic amines is 1. The molecule has 7 rings (SSSR count). The second kappa shape index (κ2) is 11.9. The number of nitrogens with zero attached hydrogens (tertiary/aromatic N) is 6. The second-order valence-corrected chi connectivity index (χ2v) is 11.0. The van der Waals surface area contributed by atoms with Gasteiger partial charge < -0.3 is 14.5 Å². The normalized spacial score (nSPS) is 15.5. The summed E-state index contributed by atoms with van der Waals surface area (Å²) >= 11 is 1.49. The zero-order valence-corrected chi connectivity index (χ0v) is 24.2. The van der Waals surface area contributed by atoms with Gasteiger partial charge in [0.1, 0.15) is 17.5 Å². The average molecular weight is 584 g/mol. The van der Waals surface area contributed by atoms with E-state index in [1.807, 2.05) is 5.38 Å². The molecular weight excluding hydrogens is 554 g/mol. The molecule has 0 saturated carbocycles. The van der Waals surface area contributed by atoms with Gasteiger partial charge in [0, 0.05) is 54.1 Å². The maximum atomic E-state index is 10.5. The highest BCUT2D eigenvalue weighted by Crippen LogP contribution is 2.41. The van der Waals surface area contributed by atoms with Gasteiger partial charge in [-0.05, 0) is 49.1 Å². The Bertz CT molecular complexity index is 1670. The predicted molar refractivity (Wildman–Crippen MR) is 167 cm³/mol. The minimum absolute atomic E-state index is 0. The van der Waals surface area contributed by atoms with Gasteiger partial charge >= 0.3 is 0 Å². The van der Waals surface area contributed by atoms with E-state index < -0.39 is 0 Å².